The number of esters is 10. The summed E-state index contributed by atoms with van der Waals surface area (Å²) < 4.78 is 55.6. The second kappa shape index (κ2) is 23.1. The summed E-state index contributed by atoms with van der Waals surface area (Å²) in [5, 5.41) is 0. The van der Waals surface area contributed by atoms with Crippen LogP contribution in [0.4, 0.5) is 0 Å². The minimum atomic E-state index is -1.41. The molecule has 0 aromatic heterocycles. The highest BCUT2D eigenvalue weighted by molar-refractivity contribution is 5.95. The van der Waals surface area contributed by atoms with E-state index < -0.39 is 83.4 Å². The number of carbonyl (C=O) groups excluding carboxylic acids is 10. The number of hydrogen-bond donors (Lipinski definition) is 0. The molecule has 0 saturated heterocycles. The molecule has 21 nitrogen and oxygen atoms in total. The lowest BCUT2D eigenvalue weighted by Gasteiger charge is -2.34. The van der Waals surface area contributed by atoms with Crippen molar-refractivity contribution in [1.29, 1.82) is 0 Å². The summed E-state index contributed by atoms with van der Waals surface area (Å²) in [6.07, 6.45) is 4.22. The Bertz CT molecular complexity index is 2220. The van der Waals surface area contributed by atoms with Gasteiger partial charge >= 0.3 is 59.7 Å². The lowest BCUT2D eigenvalue weighted by atomic mass is 9.93. The lowest BCUT2D eigenvalue weighted by molar-refractivity contribution is -0.149. The van der Waals surface area contributed by atoms with Crippen molar-refractivity contribution in [3.8, 4) is 28.7 Å². The van der Waals surface area contributed by atoms with Crippen molar-refractivity contribution in [3.05, 3.63) is 102 Å². The van der Waals surface area contributed by atoms with Crippen molar-refractivity contribution in [2.24, 2.45) is 0 Å². The van der Waals surface area contributed by atoms with Gasteiger partial charge in [-0.2, -0.15) is 0 Å². The summed E-state index contributed by atoms with van der Waals surface area (Å²) in [5.41, 5.74) is 0.0614. The first kappa shape index (κ1) is 47.0. The molecule has 0 bridgehead atoms. The molecule has 0 spiro atoms. The molecule has 320 valence electrons. The molecular formula is C40H34O21. The Morgan fingerprint density at radius 1 is 0.459 bits per heavy atom. The van der Waals surface area contributed by atoms with Gasteiger partial charge in [-0.05, 0) is 12.1 Å². The zero-order valence-corrected chi connectivity index (χ0v) is 32.6. The van der Waals surface area contributed by atoms with Gasteiger partial charge in [-0.3, -0.25) is 0 Å². The van der Waals surface area contributed by atoms with Gasteiger partial charge in [0.1, 0.15) is 23.4 Å². The number of methoxy groups -OCH3 is 5. The Kier molecular flexibility index (Phi) is 17.8. The Morgan fingerprint density at radius 3 is 1.31 bits per heavy atom. The van der Waals surface area contributed by atoms with Crippen LogP contribution in [0.25, 0.3) is 0 Å². The van der Waals surface area contributed by atoms with Crippen molar-refractivity contribution in [1.82, 2.24) is 0 Å². The topological polar surface area (TPSA) is 272 Å². The van der Waals surface area contributed by atoms with Crippen LogP contribution in [0.5, 0.6) is 28.7 Å². The molecule has 61 heavy (non-hydrogen) atoms. The molecule has 1 heterocycles. The van der Waals surface area contributed by atoms with Gasteiger partial charge in [0.05, 0.1) is 35.5 Å². The van der Waals surface area contributed by atoms with Crippen molar-refractivity contribution < 1.29 is 100 Å². The molecule has 1 aliphatic heterocycles. The predicted octanol–water partition coefficient (Wildman–Crippen LogP) is 1.54. The second-order valence-electron chi connectivity index (χ2n) is 11.3. The first-order valence-electron chi connectivity index (χ1n) is 16.9. The van der Waals surface area contributed by atoms with Crippen LogP contribution < -0.4 is 23.7 Å². The standard InChI is InChI=1S/C40H34O21/c1-51-30(41)8-13-35(46)56-23-19-26(58-37(48)15-10-32(43)53-3)24-21-29(60-39(50)17-12-34(45)55-5)40(61-27(24)20-23)22-6-7-25(57-36(47)14-9-31(42)52-2)28(18-22)59-38(49)16-11-33(44)54-4/h6-20,29,40H,21H2,1-5H3/b13-8+,14-9+,15-10+,16-11+,17-12+/t29-,40-/m1/s1. The molecule has 0 unspecified atom stereocenters. The number of hydrogen-bond acceptors (Lipinski definition) is 21. The Balaban J connectivity index is 2.22. The second-order valence-corrected chi connectivity index (χ2v) is 11.3. The Hall–Kier alpha value is -8.36. The van der Waals surface area contributed by atoms with Crippen LogP contribution in [-0.4, -0.2) is 101 Å². The number of rotatable bonds is 16. The molecule has 2 atom stereocenters. The van der Waals surface area contributed by atoms with E-state index in [-0.39, 0.29) is 34.8 Å². The Morgan fingerprint density at radius 2 is 0.852 bits per heavy atom. The van der Waals surface area contributed by atoms with E-state index >= 15 is 0 Å². The van der Waals surface area contributed by atoms with Crippen LogP contribution in [-0.2, 0) is 82.8 Å². The maximum Gasteiger partial charge on any atom is 0.336 e. The summed E-state index contributed by atoms with van der Waals surface area (Å²) in [4.78, 5) is 122. The minimum absolute atomic E-state index is 0.0262. The molecule has 3 rings (SSSR count). The van der Waals surface area contributed by atoms with E-state index in [0.717, 1.165) is 102 Å². The highest BCUT2D eigenvalue weighted by Gasteiger charge is 2.37. The molecule has 0 saturated carbocycles. The van der Waals surface area contributed by atoms with Crippen LogP contribution in [0.3, 0.4) is 0 Å². The lowest BCUT2D eigenvalue weighted by Crippen LogP contribution is -2.35. The summed E-state index contributed by atoms with van der Waals surface area (Å²) in [7, 11) is 5.33. The van der Waals surface area contributed by atoms with Gasteiger partial charge in [-0.25, -0.2) is 47.9 Å². The van der Waals surface area contributed by atoms with E-state index in [0.29, 0.717) is 12.2 Å². The first-order valence-corrected chi connectivity index (χ1v) is 16.9. The van der Waals surface area contributed by atoms with E-state index in [1.54, 1.807) is 0 Å². The molecule has 0 fully saturated rings. The van der Waals surface area contributed by atoms with Crippen LogP contribution in [0, 0.1) is 0 Å². The summed E-state index contributed by atoms with van der Waals surface area (Å²) in [6.45, 7) is 0. The van der Waals surface area contributed by atoms with Gasteiger partial charge < -0.3 is 52.1 Å². The third kappa shape index (κ3) is 15.2. The molecule has 1 aliphatic rings. The van der Waals surface area contributed by atoms with Gasteiger partial charge in [0, 0.05) is 90.4 Å². The van der Waals surface area contributed by atoms with Gasteiger partial charge in [0.15, 0.2) is 17.6 Å². The highest BCUT2D eigenvalue weighted by atomic mass is 16.6. The fourth-order valence-electron chi connectivity index (χ4n) is 4.61. The number of fused-ring (bicyclic) bond motifs is 1. The maximum atomic E-state index is 13.0. The van der Waals surface area contributed by atoms with E-state index in [2.05, 4.69) is 23.7 Å². The van der Waals surface area contributed by atoms with E-state index in [4.69, 9.17) is 28.4 Å². The summed E-state index contributed by atoms with van der Waals surface area (Å²) in [6, 6.07) is 5.79. The van der Waals surface area contributed by atoms with E-state index in [1.807, 2.05) is 0 Å². The smallest absolute Gasteiger partial charge is 0.336 e. The van der Waals surface area contributed by atoms with Crippen LogP contribution in [0.1, 0.15) is 17.2 Å². The maximum absolute atomic E-state index is 13.0. The fraction of sp³-hybridized carbons (Fsp3) is 0.200. The minimum Gasteiger partial charge on any atom is -0.481 e. The predicted molar refractivity (Wildman–Crippen MR) is 198 cm³/mol. The summed E-state index contributed by atoms with van der Waals surface area (Å²) >= 11 is 0. The monoisotopic (exact) mass is 850 g/mol. The average molecular weight is 851 g/mol. The number of ether oxygens (including phenoxy) is 11. The zero-order chi connectivity index (χ0) is 45.1. The average Bonchev–Trinajstić information content (AvgIpc) is 3.25. The van der Waals surface area contributed by atoms with Gasteiger partial charge in [-0.1, -0.05) is 6.07 Å². The largest absolute Gasteiger partial charge is 0.481 e. The third-order valence-electron chi connectivity index (χ3n) is 7.34. The van der Waals surface area contributed by atoms with Crippen molar-refractivity contribution >= 4 is 59.7 Å². The first-order chi connectivity index (χ1) is 29.1. The van der Waals surface area contributed by atoms with Gasteiger partial charge in [0.25, 0.3) is 0 Å². The van der Waals surface area contributed by atoms with Gasteiger partial charge in [-0.15, -0.1) is 0 Å². The molecule has 0 radical (unpaired) electrons. The van der Waals surface area contributed by atoms with Crippen LogP contribution >= 0.6 is 0 Å². The molecule has 0 amide bonds. The molecular weight excluding hydrogens is 816 g/mol. The summed E-state index contributed by atoms with van der Waals surface area (Å²) in [5.74, 6) is -11.8. The van der Waals surface area contributed by atoms with Crippen LogP contribution in [0.15, 0.2) is 91.1 Å². The number of benzene rings is 2. The third-order valence-corrected chi connectivity index (χ3v) is 7.34. The van der Waals surface area contributed by atoms with Crippen molar-refractivity contribution in [2.75, 3.05) is 35.5 Å². The normalized spacial score (nSPS) is 14.4. The molecule has 2 aromatic carbocycles. The molecule has 2 aromatic rings. The fourth-order valence-corrected chi connectivity index (χ4v) is 4.61. The van der Waals surface area contributed by atoms with Crippen molar-refractivity contribution in [2.45, 2.75) is 18.6 Å². The Labute approximate surface area is 344 Å². The van der Waals surface area contributed by atoms with E-state index in [9.17, 15) is 47.9 Å². The molecule has 21 heteroatoms. The SMILES string of the molecule is COC(=O)/C=C/C(=O)Oc1cc(OC(=O)/C=C/C(=O)OC)c2c(c1)O[C@H](c1ccc(OC(=O)/C=C/C(=O)OC)c(OC(=O)/C=C/C(=O)OC)c1)[C@H](OC(=O)/C=C/C(=O)OC)C2. The van der Waals surface area contributed by atoms with Crippen LogP contribution in [0.2, 0.25) is 0 Å². The van der Waals surface area contributed by atoms with Crippen molar-refractivity contribution in [3.63, 3.8) is 0 Å². The zero-order valence-electron chi connectivity index (χ0n) is 32.6. The molecule has 0 N–H and O–H groups in total. The quantitative estimate of drug-likeness (QED) is 0.100. The van der Waals surface area contributed by atoms with Gasteiger partial charge in [0.2, 0.25) is 0 Å². The van der Waals surface area contributed by atoms with E-state index in [1.165, 1.54) is 12.1 Å². The number of carbonyl (C=O) groups is 10. The highest BCUT2D eigenvalue weighted by Crippen LogP contribution is 2.45. The molecule has 0 aliphatic carbocycles.